The van der Waals surface area contributed by atoms with Crippen molar-refractivity contribution in [3.63, 3.8) is 0 Å². The van der Waals surface area contributed by atoms with Crippen LogP contribution in [0.1, 0.15) is 39.5 Å². The highest BCUT2D eigenvalue weighted by Crippen LogP contribution is 2.30. The minimum absolute atomic E-state index is 0.684. The van der Waals surface area contributed by atoms with Crippen LogP contribution in [0.2, 0.25) is 0 Å². The first-order valence-electron chi connectivity index (χ1n) is 5.36. The summed E-state index contributed by atoms with van der Waals surface area (Å²) in [5, 5.41) is 11.9. The molecule has 2 nitrogen and oxygen atoms in total. The van der Waals surface area contributed by atoms with Crippen molar-refractivity contribution in [3.8, 4) is 6.07 Å². The quantitative estimate of drug-likeness (QED) is 0.674. The smallest absolute Gasteiger partial charge is 0.0622 e. The topological polar surface area (TPSA) is 35.8 Å². The lowest BCUT2D eigenvalue weighted by Crippen LogP contribution is -2.33. The number of unbranched alkanes of at least 4 members (excludes halogenated alkanes) is 1. The second-order valence-corrected chi connectivity index (χ2v) is 4.24. The highest BCUT2D eigenvalue weighted by Gasteiger charge is 2.28. The number of nitrogens with one attached hydrogen (secondary N) is 1. The van der Waals surface area contributed by atoms with E-state index in [1.807, 2.05) is 0 Å². The maximum Gasteiger partial charge on any atom is 0.0622 e. The highest BCUT2D eigenvalue weighted by atomic mass is 14.9. The van der Waals surface area contributed by atoms with Crippen LogP contribution >= 0.6 is 0 Å². The minimum Gasteiger partial charge on any atom is -0.314 e. The SMILES string of the molecule is CC1CCC(NCCCC#N)C1C. The molecule has 3 unspecified atom stereocenters. The van der Waals surface area contributed by atoms with Crippen molar-refractivity contribution in [2.24, 2.45) is 11.8 Å². The van der Waals surface area contributed by atoms with Gasteiger partial charge in [0.1, 0.15) is 0 Å². The zero-order chi connectivity index (χ0) is 9.68. The van der Waals surface area contributed by atoms with E-state index in [9.17, 15) is 0 Å². The van der Waals surface area contributed by atoms with E-state index in [0.29, 0.717) is 12.5 Å². The lowest BCUT2D eigenvalue weighted by atomic mass is 9.98. The van der Waals surface area contributed by atoms with Crippen LogP contribution in [0.15, 0.2) is 0 Å². The fraction of sp³-hybridized carbons (Fsp3) is 0.909. The number of hydrogen-bond acceptors (Lipinski definition) is 2. The first-order valence-corrected chi connectivity index (χ1v) is 5.36. The standard InChI is InChI=1S/C11H20N2/c1-9-5-6-11(10(9)2)13-8-4-3-7-12/h9-11,13H,3-6,8H2,1-2H3. The predicted molar refractivity (Wildman–Crippen MR) is 54.2 cm³/mol. The Balaban J connectivity index is 2.12. The molecule has 2 heteroatoms. The van der Waals surface area contributed by atoms with Crippen LogP contribution < -0.4 is 5.32 Å². The minimum atomic E-state index is 0.684. The Hall–Kier alpha value is -0.550. The maximum absolute atomic E-state index is 8.37. The third-order valence-corrected chi connectivity index (χ3v) is 3.34. The van der Waals surface area contributed by atoms with Crippen molar-refractivity contribution in [1.82, 2.24) is 5.32 Å². The van der Waals surface area contributed by atoms with Crippen LogP contribution in [0.3, 0.4) is 0 Å². The molecule has 1 N–H and O–H groups in total. The van der Waals surface area contributed by atoms with Crippen LogP contribution in [0, 0.1) is 23.2 Å². The molecule has 0 heterocycles. The summed E-state index contributed by atoms with van der Waals surface area (Å²) in [7, 11) is 0. The van der Waals surface area contributed by atoms with Gasteiger partial charge in [-0.3, -0.25) is 0 Å². The third kappa shape index (κ3) is 3.00. The number of hydrogen-bond donors (Lipinski definition) is 1. The summed E-state index contributed by atoms with van der Waals surface area (Å²) in [5.41, 5.74) is 0. The van der Waals surface area contributed by atoms with Gasteiger partial charge in [0.05, 0.1) is 6.07 Å². The second kappa shape index (κ2) is 5.24. The molecular weight excluding hydrogens is 160 g/mol. The van der Waals surface area contributed by atoms with Crippen LogP contribution in [0.4, 0.5) is 0 Å². The van der Waals surface area contributed by atoms with Gasteiger partial charge in [-0.1, -0.05) is 13.8 Å². The fourth-order valence-electron chi connectivity index (χ4n) is 2.11. The second-order valence-electron chi connectivity index (χ2n) is 4.24. The molecule has 0 aromatic heterocycles. The molecule has 1 aliphatic carbocycles. The number of rotatable bonds is 4. The van der Waals surface area contributed by atoms with E-state index < -0.39 is 0 Å². The Morgan fingerprint density at radius 2 is 2.15 bits per heavy atom. The van der Waals surface area contributed by atoms with Gasteiger partial charge in [-0.2, -0.15) is 5.26 Å². The van der Waals surface area contributed by atoms with Crippen LogP contribution in [-0.2, 0) is 0 Å². The molecule has 1 aliphatic rings. The summed E-state index contributed by atoms with van der Waals surface area (Å²) in [5.74, 6) is 1.68. The molecule has 13 heavy (non-hydrogen) atoms. The van der Waals surface area contributed by atoms with E-state index in [1.54, 1.807) is 0 Å². The van der Waals surface area contributed by atoms with Crippen molar-refractivity contribution in [2.75, 3.05) is 6.54 Å². The summed E-state index contributed by atoms with van der Waals surface area (Å²) >= 11 is 0. The van der Waals surface area contributed by atoms with E-state index in [0.717, 1.165) is 24.8 Å². The number of nitriles is 1. The predicted octanol–water partition coefficient (Wildman–Crippen LogP) is 2.31. The number of nitrogens with zero attached hydrogens (tertiary/aromatic N) is 1. The van der Waals surface area contributed by atoms with Gasteiger partial charge >= 0.3 is 0 Å². The Labute approximate surface area is 81.3 Å². The monoisotopic (exact) mass is 180 g/mol. The van der Waals surface area contributed by atoms with Gasteiger partial charge in [-0.15, -0.1) is 0 Å². The summed E-state index contributed by atoms with van der Waals surface area (Å²) in [6.45, 7) is 5.68. The van der Waals surface area contributed by atoms with Gasteiger partial charge in [0.15, 0.2) is 0 Å². The molecule has 1 rings (SSSR count). The maximum atomic E-state index is 8.37. The first kappa shape index (κ1) is 10.5. The van der Waals surface area contributed by atoms with Gasteiger partial charge in [-0.05, 0) is 37.6 Å². The van der Waals surface area contributed by atoms with Crippen LogP contribution in [0.25, 0.3) is 0 Å². The molecule has 0 saturated heterocycles. The van der Waals surface area contributed by atoms with Gasteiger partial charge in [0.2, 0.25) is 0 Å². The van der Waals surface area contributed by atoms with Crippen molar-refractivity contribution in [1.29, 1.82) is 5.26 Å². The molecule has 1 fully saturated rings. The van der Waals surface area contributed by atoms with E-state index in [2.05, 4.69) is 25.2 Å². The first-order chi connectivity index (χ1) is 6.25. The molecular formula is C11H20N2. The van der Waals surface area contributed by atoms with Crippen molar-refractivity contribution in [2.45, 2.75) is 45.6 Å². The van der Waals surface area contributed by atoms with Gasteiger partial charge in [-0.25, -0.2) is 0 Å². The summed E-state index contributed by atoms with van der Waals surface area (Å²) in [6, 6.07) is 2.88. The zero-order valence-corrected chi connectivity index (χ0v) is 8.71. The van der Waals surface area contributed by atoms with E-state index in [1.165, 1.54) is 12.8 Å². The Morgan fingerprint density at radius 1 is 1.38 bits per heavy atom. The average Bonchev–Trinajstić information content (AvgIpc) is 2.43. The lowest BCUT2D eigenvalue weighted by molar-refractivity contribution is 0.370. The normalized spacial score (nSPS) is 33.2. The molecule has 1 saturated carbocycles. The summed E-state index contributed by atoms with van der Waals surface area (Å²) < 4.78 is 0. The summed E-state index contributed by atoms with van der Waals surface area (Å²) in [6.07, 6.45) is 4.35. The van der Waals surface area contributed by atoms with Gasteiger partial charge in [0, 0.05) is 12.5 Å². The molecule has 74 valence electrons. The van der Waals surface area contributed by atoms with Gasteiger partial charge < -0.3 is 5.32 Å². The fourth-order valence-corrected chi connectivity index (χ4v) is 2.11. The van der Waals surface area contributed by atoms with Crippen LogP contribution in [0.5, 0.6) is 0 Å². The van der Waals surface area contributed by atoms with Crippen molar-refractivity contribution < 1.29 is 0 Å². The molecule has 0 aromatic carbocycles. The molecule has 3 atom stereocenters. The Morgan fingerprint density at radius 3 is 2.69 bits per heavy atom. The van der Waals surface area contributed by atoms with E-state index >= 15 is 0 Å². The zero-order valence-electron chi connectivity index (χ0n) is 8.71. The molecule has 0 radical (unpaired) electrons. The van der Waals surface area contributed by atoms with Crippen molar-refractivity contribution in [3.05, 3.63) is 0 Å². The van der Waals surface area contributed by atoms with Crippen LogP contribution in [-0.4, -0.2) is 12.6 Å². The summed E-state index contributed by atoms with van der Waals surface area (Å²) in [4.78, 5) is 0. The molecule has 0 aliphatic heterocycles. The third-order valence-electron chi connectivity index (χ3n) is 3.34. The average molecular weight is 180 g/mol. The Kier molecular flexibility index (Phi) is 4.24. The molecule has 0 amide bonds. The Bertz CT molecular complexity index is 183. The molecule has 0 bridgehead atoms. The van der Waals surface area contributed by atoms with E-state index in [-0.39, 0.29) is 0 Å². The van der Waals surface area contributed by atoms with Gasteiger partial charge in [0.25, 0.3) is 0 Å². The molecule has 0 aromatic rings. The lowest BCUT2D eigenvalue weighted by Gasteiger charge is -2.19. The van der Waals surface area contributed by atoms with Crippen molar-refractivity contribution >= 4 is 0 Å². The van der Waals surface area contributed by atoms with E-state index in [4.69, 9.17) is 5.26 Å². The largest absolute Gasteiger partial charge is 0.314 e. The highest BCUT2D eigenvalue weighted by molar-refractivity contribution is 4.84. The molecule has 0 spiro atoms.